The molecule has 130 valence electrons. The van der Waals surface area contributed by atoms with Crippen LogP contribution in [0.5, 0.6) is 0 Å². The molecule has 0 spiro atoms. The van der Waals surface area contributed by atoms with Gasteiger partial charge in [0.25, 0.3) is 0 Å². The molecule has 1 aliphatic heterocycles. The Balaban J connectivity index is 1.83. The summed E-state index contributed by atoms with van der Waals surface area (Å²) in [5.74, 6) is 0.0951. The van der Waals surface area contributed by atoms with Crippen molar-refractivity contribution in [2.24, 2.45) is 0 Å². The highest BCUT2D eigenvalue weighted by atomic mass is 32.1. The van der Waals surface area contributed by atoms with Crippen molar-refractivity contribution in [3.63, 3.8) is 0 Å². The highest BCUT2D eigenvalue weighted by Crippen LogP contribution is 2.36. The van der Waals surface area contributed by atoms with E-state index < -0.39 is 0 Å². The van der Waals surface area contributed by atoms with Crippen molar-refractivity contribution in [3.05, 3.63) is 28.7 Å². The average molecular weight is 347 g/mol. The third kappa shape index (κ3) is 3.36. The van der Waals surface area contributed by atoms with E-state index in [1.807, 2.05) is 11.8 Å². The summed E-state index contributed by atoms with van der Waals surface area (Å²) < 4.78 is 1.62. The van der Waals surface area contributed by atoms with Crippen molar-refractivity contribution >= 4 is 17.2 Å². The van der Waals surface area contributed by atoms with Gasteiger partial charge in [0.2, 0.25) is 5.91 Å². The minimum absolute atomic E-state index is 0.0340. The SMILES string of the molecule is CC(C(=O)N1CCCCC1c1nc(C(C)(C)C)cs1)n1cncn1. The summed E-state index contributed by atoms with van der Waals surface area (Å²) in [5, 5.41) is 7.30. The minimum atomic E-state index is -0.338. The second-order valence-corrected chi connectivity index (χ2v) is 8.31. The van der Waals surface area contributed by atoms with E-state index in [9.17, 15) is 4.79 Å². The van der Waals surface area contributed by atoms with Crippen LogP contribution in [0.4, 0.5) is 0 Å². The second-order valence-electron chi connectivity index (χ2n) is 7.42. The lowest BCUT2D eigenvalue weighted by Crippen LogP contribution is -2.42. The number of likely N-dealkylation sites (tertiary alicyclic amines) is 1. The van der Waals surface area contributed by atoms with Gasteiger partial charge in [-0.3, -0.25) is 4.79 Å². The van der Waals surface area contributed by atoms with E-state index in [0.717, 1.165) is 36.5 Å². The van der Waals surface area contributed by atoms with E-state index in [1.165, 1.54) is 6.33 Å². The first-order valence-electron chi connectivity index (χ1n) is 8.48. The van der Waals surface area contributed by atoms with Crippen LogP contribution in [0.3, 0.4) is 0 Å². The molecule has 2 unspecified atom stereocenters. The zero-order chi connectivity index (χ0) is 17.3. The van der Waals surface area contributed by atoms with Crippen LogP contribution in [0.25, 0.3) is 0 Å². The first-order chi connectivity index (χ1) is 11.4. The third-order valence-corrected chi connectivity index (χ3v) is 5.50. The third-order valence-electron chi connectivity index (χ3n) is 4.55. The Morgan fingerprint density at radius 1 is 1.38 bits per heavy atom. The van der Waals surface area contributed by atoms with Gasteiger partial charge in [-0.1, -0.05) is 20.8 Å². The average Bonchev–Trinajstić information content (AvgIpc) is 3.24. The van der Waals surface area contributed by atoms with Crippen molar-refractivity contribution in [1.82, 2.24) is 24.6 Å². The number of hydrogen-bond acceptors (Lipinski definition) is 5. The summed E-state index contributed by atoms with van der Waals surface area (Å²) in [7, 11) is 0. The van der Waals surface area contributed by atoms with Gasteiger partial charge in [-0.15, -0.1) is 11.3 Å². The Morgan fingerprint density at radius 3 is 2.79 bits per heavy atom. The number of rotatable bonds is 3. The van der Waals surface area contributed by atoms with Gasteiger partial charge in [0.15, 0.2) is 0 Å². The molecule has 3 heterocycles. The smallest absolute Gasteiger partial charge is 0.247 e. The fourth-order valence-electron chi connectivity index (χ4n) is 3.01. The van der Waals surface area contributed by atoms with E-state index in [4.69, 9.17) is 4.98 Å². The lowest BCUT2D eigenvalue weighted by atomic mass is 9.93. The van der Waals surface area contributed by atoms with Gasteiger partial charge in [0.05, 0.1) is 11.7 Å². The van der Waals surface area contributed by atoms with E-state index in [1.54, 1.807) is 22.3 Å². The maximum Gasteiger partial charge on any atom is 0.247 e. The molecule has 0 bridgehead atoms. The molecule has 0 saturated carbocycles. The molecule has 0 aromatic carbocycles. The van der Waals surface area contributed by atoms with Crippen LogP contribution in [-0.2, 0) is 10.2 Å². The summed E-state index contributed by atoms with van der Waals surface area (Å²) in [6.07, 6.45) is 6.23. The summed E-state index contributed by atoms with van der Waals surface area (Å²) in [5.41, 5.74) is 1.14. The van der Waals surface area contributed by atoms with Gasteiger partial charge in [-0.2, -0.15) is 5.10 Å². The molecule has 6 nitrogen and oxygen atoms in total. The van der Waals surface area contributed by atoms with Crippen LogP contribution in [0.1, 0.15) is 69.7 Å². The standard InChI is InChI=1S/C17H25N5OS/c1-12(22-11-18-10-19-22)16(23)21-8-6-5-7-13(21)15-20-14(9-24-15)17(2,3)4/h9-13H,5-8H2,1-4H3. The van der Waals surface area contributed by atoms with Crippen molar-refractivity contribution in [3.8, 4) is 0 Å². The molecule has 0 N–H and O–H groups in total. The van der Waals surface area contributed by atoms with E-state index in [0.29, 0.717) is 0 Å². The highest BCUT2D eigenvalue weighted by molar-refractivity contribution is 7.09. The maximum atomic E-state index is 13.0. The summed E-state index contributed by atoms with van der Waals surface area (Å²) in [6.45, 7) is 9.17. The predicted octanol–water partition coefficient (Wildman–Crippen LogP) is 3.35. The summed E-state index contributed by atoms with van der Waals surface area (Å²) in [4.78, 5) is 23.8. The fourth-order valence-corrected chi connectivity index (χ4v) is 4.20. The van der Waals surface area contributed by atoms with E-state index in [2.05, 4.69) is 36.2 Å². The molecule has 7 heteroatoms. The van der Waals surface area contributed by atoms with Crippen molar-refractivity contribution in [2.75, 3.05) is 6.54 Å². The van der Waals surface area contributed by atoms with Crippen molar-refractivity contribution in [2.45, 2.75) is 64.5 Å². The lowest BCUT2D eigenvalue weighted by Gasteiger charge is -2.36. The Kier molecular flexibility index (Phi) is 4.71. The molecule has 2 atom stereocenters. The highest BCUT2D eigenvalue weighted by Gasteiger charge is 2.33. The minimum Gasteiger partial charge on any atom is -0.331 e. The Morgan fingerprint density at radius 2 is 2.17 bits per heavy atom. The van der Waals surface area contributed by atoms with Crippen LogP contribution in [-0.4, -0.2) is 37.1 Å². The zero-order valence-electron chi connectivity index (χ0n) is 14.8. The molecule has 1 amide bonds. The predicted molar refractivity (Wildman–Crippen MR) is 93.9 cm³/mol. The van der Waals surface area contributed by atoms with Crippen LogP contribution in [0.15, 0.2) is 18.0 Å². The van der Waals surface area contributed by atoms with Crippen LogP contribution in [0, 0.1) is 0 Å². The number of hydrogen-bond donors (Lipinski definition) is 0. The fraction of sp³-hybridized carbons (Fsp3) is 0.647. The van der Waals surface area contributed by atoms with Crippen LogP contribution < -0.4 is 0 Å². The van der Waals surface area contributed by atoms with Crippen LogP contribution >= 0.6 is 11.3 Å². The largest absolute Gasteiger partial charge is 0.331 e. The number of carbonyl (C=O) groups excluding carboxylic acids is 1. The van der Waals surface area contributed by atoms with Gasteiger partial charge >= 0.3 is 0 Å². The number of carbonyl (C=O) groups is 1. The molecular weight excluding hydrogens is 322 g/mol. The molecule has 3 rings (SSSR count). The maximum absolute atomic E-state index is 13.0. The lowest BCUT2D eigenvalue weighted by molar-refractivity contribution is -0.138. The monoisotopic (exact) mass is 347 g/mol. The topological polar surface area (TPSA) is 63.9 Å². The van der Waals surface area contributed by atoms with E-state index in [-0.39, 0.29) is 23.4 Å². The number of nitrogens with zero attached hydrogens (tertiary/aromatic N) is 5. The zero-order valence-corrected chi connectivity index (χ0v) is 15.6. The van der Waals surface area contributed by atoms with Gasteiger partial charge in [-0.05, 0) is 26.2 Å². The van der Waals surface area contributed by atoms with Gasteiger partial charge in [0.1, 0.15) is 23.7 Å². The first kappa shape index (κ1) is 17.1. The Bertz CT molecular complexity index is 688. The van der Waals surface area contributed by atoms with E-state index >= 15 is 0 Å². The second kappa shape index (κ2) is 6.63. The molecule has 0 aliphatic carbocycles. The molecule has 1 fully saturated rings. The first-order valence-corrected chi connectivity index (χ1v) is 9.36. The normalized spacial score (nSPS) is 20.2. The van der Waals surface area contributed by atoms with Gasteiger partial charge in [-0.25, -0.2) is 14.6 Å². The Hall–Kier alpha value is -1.76. The number of thiazole rings is 1. The molecule has 0 radical (unpaired) electrons. The van der Waals surface area contributed by atoms with Crippen molar-refractivity contribution < 1.29 is 4.79 Å². The Labute approximate surface area is 146 Å². The molecule has 2 aromatic heterocycles. The summed E-state index contributed by atoms with van der Waals surface area (Å²) >= 11 is 1.67. The quantitative estimate of drug-likeness (QED) is 0.854. The molecule has 1 saturated heterocycles. The number of amides is 1. The van der Waals surface area contributed by atoms with Gasteiger partial charge in [0, 0.05) is 17.3 Å². The molecule has 24 heavy (non-hydrogen) atoms. The summed E-state index contributed by atoms with van der Waals surface area (Å²) in [6, 6.07) is -0.256. The number of piperidine rings is 1. The molecular formula is C17H25N5OS. The van der Waals surface area contributed by atoms with Gasteiger partial charge < -0.3 is 4.90 Å². The number of aromatic nitrogens is 4. The van der Waals surface area contributed by atoms with Crippen molar-refractivity contribution in [1.29, 1.82) is 0 Å². The van der Waals surface area contributed by atoms with Crippen LogP contribution in [0.2, 0.25) is 0 Å². The molecule has 1 aliphatic rings. The molecule has 2 aromatic rings.